The van der Waals surface area contributed by atoms with Gasteiger partial charge in [0.1, 0.15) is 18.8 Å². The molecule has 1 heterocycles. The summed E-state index contributed by atoms with van der Waals surface area (Å²) in [5, 5.41) is 11.9. The van der Waals surface area contributed by atoms with Crippen LogP contribution in [0.3, 0.4) is 0 Å². The van der Waals surface area contributed by atoms with Crippen molar-refractivity contribution in [1.29, 1.82) is 0 Å². The molecule has 0 saturated carbocycles. The van der Waals surface area contributed by atoms with Gasteiger partial charge in [0, 0.05) is 10.6 Å². The molecule has 9 heteroatoms. The first-order valence-corrected chi connectivity index (χ1v) is 9.95. The summed E-state index contributed by atoms with van der Waals surface area (Å²) in [6.07, 6.45) is 3.63. The fourth-order valence-corrected chi connectivity index (χ4v) is 3.27. The molecular formula is C23H21ClN2O6. The number of carboxylic acids is 1. The molecule has 1 aliphatic rings. The lowest BCUT2D eigenvalue weighted by Crippen LogP contribution is -2.35. The molecule has 2 aromatic carbocycles. The maximum Gasteiger partial charge on any atom is 0.329 e. The number of rotatable bonds is 9. The van der Waals surface area contributed by atoms with E-state index < -0.39 is 24.5 Å². The topological polar surface area (TPSA) is 105 Å². The summed E-state index contributed by atoms with van der Waals surface area (Å²) in [4.78, 5) is 35.8. The van der Waals surface area contributed by atoms with E-state index in [1.807, 2.05) is 12.1 Å². The SMILES string of the molecule is C=CCc1cc(/C=C2/NC(=O)N(CC(=O)O)C2=O)cc(OC)c1OCc1ccc(Cl)cc1. The standard InChI is InChI=1S/C23H21ClN2O6/c1-3-4-16-9-15(10-18-22(29)26(12-20(27)28)23(30)25-18)11-19(31-2)21(16)32-13-14-5-7-17(24)8-6-14/h3,5-11H,1,4,12-13H2,2H3,(H,25,30)(H,27,28)/b18-10+. The number of nitrogens with one attached hydrogen (secondary N) is 1. The van der Waals surface area contributed by atoms with Crippen LogP contribution in [0.5, 0.6) is 11.5 Å². The number of imide groups is 1. The number of carbonyl (C=O) groups excluding carboxylic acids is 2. The summed E-state index contributed by atoms with van der Waals surface area (Å²) in [6, 6.07) is 9.93. The third-order valence-corrected chi connectivity index (χ3v) is 4.85. The van der Waals surface area contributed by atoms with E-state index >= 15 is 0 Å². The lowest BCUT2D eigenvalue weighted by Gasteiger charge is -2.16. The summed E-state index contributed by atoms with van der Waals surface area (Å²) in [5.41, 5.74) is 2.22. The Hall–Kier alpha value is -3.78. The number of carbonyl (C=O) groups is 3. The smallest absolute Gasteiger partial charge is 0.329 e. The van der Waals surface area contributed by atoms with Gasteiger partial charge >= 0.3 is 12.0 Å². The van der Waals surface area contributed by atoms with Gasteiger partial charge in [0.25, 0.3) is 5.91 Å². The average Bonchev–Trinajstić information content (AvgIpc) is 3.01. The van der Waals surface area contributed by atoms with Gasteiger partial charge in [-0.15, -0.1) is 6.58 Å². The van der Waals surface area contributed by atoms with Gasteiger partial charge in [0.05, 0.1) is 7.11 Å². The van der Waals surface area contributed by atoms with Crippen molar-refractivity contribution in [3.8, 4) is 11.5 Å². The molecule has 8 nitrogen and oxygen atoms in total. The van der Waals surface area contributed by atoms with E-state index in [2.05, 4.69) is 11.9 Å². The minimum atomic E-state index is -1.29. The molecular weight excluding hydrogens is 436 g/mol. The third kappa shape index (κ3) is 5.28. The number of hydrogen-bond acceptors (Lipinski definition) is 5. The van der Waals surface area contributed by atoms with E-state index in [1.165, 1.54) is 13.2 Å². The lowest BCUT2D eigenvalue weighted by atomic mass is 10.0. The number of aliphatic carboxylic acids is 1. The molecule has 2 aromatic rings. The highest BCUT2D eigenvalue weighted by atomic mass is 35.5. The molecule has 3 amide bonds. The van der Waals surface area contributed by atoms with Crippen LogP contribution in [-0.2, 0) is 22.6 Å². The van der Waals surface area contributed by atoms with E-state index in [9.17, 15) is 14.4 Å². The second kappa shape index (κ2) is 10.0. The van der Waals surface area contributed by atoms with Crippen molar-refractivity contribution >= 4 is 35.6 Å². The number of nitrogens with zero attached hydrogens (tertiary/aromatic N) is 1. The minimum Gasteiger partial charge on any atom is -0.493 e. The zero-order valence-electron chi connectivity index (χ0n) is 17.3. The molecule has 32 heavy (non-hydrogen) atoms. The largest absolute Gasteiger partial charge is 0.493 e. The summed E-state index contributed by atoms with van der Waals surface area (Å²) in [7, 11) is 1.50. The zero-order chi connectivity index (χ0) is 23.3. The number of halogens is 1. The second-order valence-electron chi connectivity index (χ2n) is 6.89. The molecule has 0 radical (unpaired) electrons. The van der Waals surface area contributed by atoms with E-state index in [1.54, 1.807) is 30.3 Å². The van der Waals surface area contributed by atoms with Gasteiger partial charge in [-0.2, -0.15) is 0 Å². The highest BCUT2D eigenvalue weighted by Crippen LogP contribution is 2.35. The van der Waals surface area contributed by atoms with Crippen LogP contribution >= 0.6 is 11.6 Å². The molecule has 3 rings (SSSR count). The van der Waals surface area contributed by atoms with Crippen LogP contribution in [0.25, 0.3) is 6.08 Å². The molecule has 0 bridgehead atoms. The molecule has 0 unspecified atom stereocenters. The normalized spacial score (nSPS) is 14.4. The minimum absolute atomic E-state index is 0.0299. The third-order valence-electron chi connectivity index (χ3n) is 4.60. The van der Waals surface area contributed by atoms with Crippen molar-refractivity contribution in [2.75, 3.05) is 13.7 Å². The van der Waals surface area contributed by atoms with Gasteiger partial charge in [-0.05, 0) is 47.9 Å². The number of allylic oxidation sites excluding steroid dienone is 1. The number of carboxylic acid groups (broad SMARTS) is 1. The predicted molar refractivity (Wildman–Crippen MR) is 119 cm³/mol. The fraction of sp³-hybridized carbons (Fsp3) is 0.174. The Balaban J connectivity index is 1.90. The zero-order valence-corrected chi connectivity index (χ0v) is 18.0. The van der Waals surface area contributed by atoms with Gasteiger partial charge in [0.2, 0.25) is 0 Å². The van der Waals surface area contributed by atoms with Crippen LogP contribution in [0.1, 0.15) is 16.7 Å². The van der Waals surface area contributed by atoms with Crippen LogP contribution in [0.2, 0.25) is 5.02 Å². The van der Waals surface area contributed by atoms with Crippen molar-refractivity contribution in [2.45, 2.75) is 13.0 Å². The monoisotopic (exact) mass is 456 g/mol. The molecule has 0 aromatic heterocycles. The highest BCUT2D eigenvalue weighted by molar-refractivity contribution is 6.30. The average molecular weight is 457 g/mol. The Labute approximate surface area is 189 Å². The van der Waals surface area contributed by atoms with Gasteiger partial charge in [-0.25, -0.2) is 9.69 Å². The number of hydrogen-bond donors (Lipinski definition) is 2. The Kier molecular flexibility index (Phi) is 7.17. The van der Waals surface area contributed by atoms with Crippen LogP contribution in [0.15, 0.2) is 54.8 Å². The maximum absolute atomic E-state index is 12.4. The first-order valence-electron chi connectivity index (χ1n) is 9.57. The van der Waals surface area contributed by atoms with Crippen molar-refractivity contribution in [3.05, 3.63) is 76.5 Å². The number of ether oxygens (including phenoxy) is 2. The quantitative estimate of drug-likeness (QED) is 0.339. The summed E-state index contributed by atoms with van der Waals surface area (Å²) >= 11 is 5.92. The molecule has 1 aliphatic heterocycles. The van der Waals surface area contributed by atoms with Gasteiger partial charge in [-0.3, -0.25) is 9.59 Å². The Bertz CT molecular complexity index is 1090. The molecule has 0 spiro atoms. The van der Waals surface area contributed by atoms with E-state index in [4.69, 9.17) is 26.2 Å². The van der Waals surface area contributed by atoms with Crippen LogP contribution in [0, 0.1) is 0 Å². The van der Waals surface area contributed by atoms with E-state index in [0.717, 1.165) is 11.1 Å². The number of benzene rings is 2. The molecule has 1 fully saturated rings. The highest BCUT2D eigenvalue weighted by Gasteiger charge is 2.34. The number of urea groups is 1. The molecule has 2 N–H and O–H groups in total. The summed E-state index contributed by atoms with van der Waals surface area (Å²) < 4.78 is 11.5. The van der Waals surface area contributed by atoms with Gasteiger partial charge in [0.15, 0.2) is 11.5 Å². The van der Waals surface area contributed by atoms with Gasteiger partial charge < -0.3 is 19.9 Å². The van der Waals surface area contributed by atoms with Crippen LogP contribution < -0.4 is 14.8 Å². The fourth-order valence-electron chi connectivity index (χ4n) is 3.14. The molecule has 0 aliphatic carbocycles. The van der Waals surface area contributed by atoms with Crippen molar-refractivity contribution < 1.29 is 29.0 Å². The Morgan fingerprint density at radius 1 is 1.25 bits per heavy atom. The number of methoxy groups -OCH3 is 1. The molecule has 166 valence electrons. The lowest BCUT2D eigenvalue weighted by molar-refractivity contribution is -0.140. The van der Waals surface area contributed by atoms with E-state index in [-0.39, 0.29) is 12.3 Å². The molecule has 1 saturated heterocycles. The first kappa shape index (κ1) is 22.9. The predicted octanol–water partition coefficient (Wildman–Crippen LogP) is 3.63. The summed E-state index contributed by atoms with van der Waals surface area (Å²) in [6.45, 7) is 3.34. The van der Waals surface area contributed by atoms with Crippen molar-refractivity contribution in [2.24, 2.45) is 0 Å². The second-order valence-corrected chi connectivity index (χ2v) is 7.33. The van der Waals surface area contributed by atoms with E-state index in [0.29, 0.717) is 33.4 Å². The Morgan fingerprint density at radius 3 is 2.59 bits per heavy atom. The van der Waals surface area contributed by atoms with Crippen molar-refractivity contribution in [1.82, 2.24) is 10.2 Å². The van der Waals surface area contributed by atoms with Crippen LogP contribution in [0.4, 0.5) is 4.79 Å². The number of amides is 3. The summed E-state index contributed by atoms with van der Waals surface area (Å²) in [5.74, 6) is -1.04. The maximum atomic E-state index is 12.4. The Morgan fingerprint density at radius 2 is 1.97 bits per heavy atom. The molecule has 0 atom stereocenters. The first-order chi connectivity index (χ1) is 15.3. The van der Waals surface area contributed by atoms with Crippen LogP contribution in [-0.4, -0.2) is 41.6 Å². The van der Waals surface area contributed by atoms with Crippen molar-refractivity contribution in [3.63, 3.8) is 0 Å². The van der Waals surface area contributed by atoms with Gasteiger partial charge in [-0.1, -0.05) is 29.8 Å².